The normalized spacial score (nSPS) is 20.4. The fraction of sp³-hybridized carbons (Fsp3) is 0.647. The summed E-state index contributed by atoms with van der Waals surface area (Å²) in [5.41, 5.74) is 3.66. The van der Waals surface area contributed by atoms with E-state index in [1.54, 1.807) is 0 Å². The van der Waals surface area contributed by atoms with Crippen LogP contribution in [0, 0.1) is 12.8 Å². The fourth-order valence-corrected chi connectivity index (χ4v) is 3.27. The molecule has 1 aromatic carbocycles. The zero-order chi connectivity index (χ0) is 13.7. The maximum Gasteiger partial charge on any atom is 0.0681 e. The molecular formula is C17H27NO. The molecule has 0 spiro atoms. The van der Waals surface area contributed by atoms with E-state index in [4.69, 9.17) is 0 Å². The first kappa shape index (κ1) is 14.4. The summed E-state index contributed by atoms with van der Waals surface area (Å²) in [5, 5.41) is 9.19. The van der Waals surface area contributed by atoms with Crippen molar-refractivity contribution in [2.45, 2.75) is 52.6 Å². The van der Waals surface area contributed by atoms with Gasteiger partial charge in [-0.3, -0.25) is 0 Å². The molecule has 1 aliphatic heterocycles. The van der Waals surface area contributed by atoms with Gasteiger partial charge in [0.15, 0.2) is 0 Å². The van der Waals surface area contributed by atoms with Gasteiger partial charge in [0.2, 0.25) is 0 Å². The van der Waals surface area contributed by atoms with E-state index in [1.165, 1.54) is 56.4 Å². The van der Waals surface area contributed by atoms with Crippen LogP contribution in [0.25, 0.3) is 0 Å². The molecule has 106 valence electrons. The Balaban J connectivity index is 2.05. The van der Waals surface area contributed by atoms with Gasteiger partial charge in [-0.25, -0.2) is 0 Å². The van der Waals surface area contributed by atoms with Crippen LogP contribution in [0.15, 0.2) is 18.2 Å². The van der Waals surface area contributed by atoms with Gasteiger partial charge in [-0.1, -0.05) is 31.9 Å². The van der Waals surface area contributed by atoms with Crippen molar-refractivity contribution in [3.8, 4) is 0 Å². The SMILES string of the molecule is CCCC1CCCN(c2ccc(CO)cc2C)CC1. The van der Waals surface area contributed by atoms with Crippen LogP contribution in [0.2, 0.25) is 0 Å². The number of hydrogen-bond donors (Lipinski definition) is 1. The topological polar surface area (TPSA) is 23.5 Å². The predicted octanol–water partition coefficient (Wildman–Crippen LogP) is 3.89. The summed E-state index contributed by atoms with van der Waals surface area (Å²) in [7, 11) is 0. The molecule has 1 unspecified atom stereocenters. The first-order chi connectivity index (χ1) is 9.24. The molecule has 1 aliphatic rings. The van der Waals surface area contributed by atoms with Crippen molar-refractivity contribution in [1.29, 1.82) is 0 Å². The molecule has 0 aromatic heterocycles. The van der Waals surface area contributed by atoms with Crippen molar-refractivity contribution >= 4 is 5.69 Å². The van der Waals surface area contributed by atoms with E-state index >= 15 is 0 Å². The molecule has 1 heterocycles. The van der Waals surface area contributed by atoms with Crippen molar-refractivity contribution in [3.63, 3.8) is 0 Å². The molecule has 0 saturated carbocycles. The Bertz CT molecular complexity index is 402. The number of aliphatic hydroxyl groups is 1. The minimum atomic E-state index is 0.139. The number of hydrogen-bond acceptors (Lipinski definition) is 2. The molecule has 2 nitrogen and oxygen atoms in total. The highest BCUT2D eigenvalue weighted by Gasteiger charge is 2.17. The summed E-state index contributed by atoms with van der Waals surface area (Å²) >= 11 is 0. The number of aryl methyl sites for hydroxylation is 1. The summed E-state index contributed by atoms with van der Waals surface area (Å²) in [6.07, 6.45) is 6.73. The van der Waals surface area contributed by atoms with Gasteiger partial charge in [0.05, 0.1) is 6.61 Å². The van der Waals surface area contributed by atoms with E-state index in [0.717, 1.165) is 11.5 Å². The van der Waals surface area contributed by atoms with Crippen molar-refractivity contribution < 1.29 is 5.11 Å². The molecule has 2 heteroatoms. The smallest absolute Gasteiger partial charge is 0.0681 e. The molecule has 1 saturated heterocycles. The minimum absolute atomic E-state index is 0.139. The van der Waals surface area contributed by atoms with Gasteiger partial charge in [0.1, 0.15) is 0 Å². The summed E-state index contributed by atoms with van der Waals surface area (Å²) in [6, 6.07) is 6.35. The van der Waals surface area contributed by atoms with Crippen LogP contribution in [0.1, 0.15) is 50.2 Å². The second-order valence-corrected chi connectivity index (χ2v) is 5.85. The van der Waals surface area contributed by atoms with Crippen molar-refractivity contribution in [2.24, 2.45) is 5.92 Å². The van der Waals surface area contributed by atoms with Crippen LogP contribution in [0.4, 0.5) is 5.69 Å². The lowest BCUT2D eigenvalue weighted by Crippen LogP contribution is -2.25. The van der Waals surface area contributed by atoms with Gasteiger partial charge in [-0.15, -0.1) is 0 Å². The van der Waals surface area contributed by atoms with E-state index < -0.39 is 0 Å². The number of aliphatic hydroxyl groups excluding tert-OH is 1. The van der Waals surface area contributed by atoms with E-state index in [-0.39, 0.29) is 6.61 Å². The maximum atomic E-state index is 9.19. The lowest BCUT2D eigenvalue weighted by molar-refractivity contribution is 0.282. The number of benzene rings is 1. The molecule has 2 rings (SSSR count). The third-order valence-electron chi connectivity index (χ3n) is 4.33. The van der Waals surface area contributed by atoms with Crippen molar-refractivity contribution in [2.75, 3.05) is 18.0 Å². The number of rotatable bonds is 4. The summed E-state index contributed by atoms with van der Waals surface area (Å²) in [5.74, 6) is 0.923. The van der Waals surface area contributed by atoms with Crippen molar-refractivity contribution in [1.82, 2.24) is 0 Å². The van der Waals surface area contributed by atoms with Crippen LogP contribution < -0.4 is 4.90 Å². The van der Waals surface area contributed by atoms with E-state index in [0.29, 0.717) is 0 Å². The Hall–Kier alpha value is -1.02. The van der Waals surface area contributed by atoms with Gasteiger partial charge in [0, 0.05) is 18.8 Å². The zero-order valence-electron chi connectivity index (χ0n) is 12.4. The average Bonchev–Trinajstić information content (AvgIpc) is 2.65. The van der Waals surface area contributed by atoms with Gasteiger partial charge < -0.3 is 10.0 Å². The summed E-state index contributed by atoms with van der Waals surface area (Å²) in [4.78, 5) is 2.53. The third-order valence-corrected chi connectivity index (χ3v) is 4.33. The zero-order valence-corrected chi connectivity index (χ0v) is 12.4. The molecular weight excluding hydrogens is 234 g/mol. The largest absolute Gasteiger partial charge is 0.392 e. The molecule has 0 aliphatic carbocycles. The standard InChI is InChI=1S/C17H27NO/c1-3-5-15-6-4-10-18(11-9-15)17-8-7-16(13-19)12-14(17)2/h7-8,12,15,19H,3-6,9-11,13H2,1-2H3. The Labute approximate surface area is 117 Å². The minimum Gasteiger partial charge on any atom is -0.392 e. The lowest BCUT2D eigenvalue weighted by atomic mass is 9.96. The Morgan fingerprint density at radius 1 is 1.26 bits per heavy atom. The Kier molecular flexibility index (Phi) is 5.26. The second-order valence-electron chi connectivity index (χ2n) is 5.85. The van der Waals surface area contributed by atoms with Gasteiger partial charge in [0.25, 0.3) is 0 Å². The van der Waals surface area contributed by atoms with Gasteiger partial charge >= 0.3 is 0 Å². The maximum absolute atomic E-state index is 9.19. The molecule has 1 fully saturated rings. The molecule has 1 atom stereocenters. The van der Waals surface area contributed by atoms with Crippen LogP contribution in [-0.2, 0) is 6.61 Å². The van der Waals surface area contributed by atoms with Crippen LogP contribution in [-0.4, -0.2) is 18.2 Å². The Morgan fingerprint density at radius 3 is 2.79 bits per heavy atom. The predicted molar refractivity (Wildman–Crippen MR) is 81.6 cm³/mol. The highest BCUT2D eigenvalue weighted by atomic mass is 16.3. The van der Waals surface area contributed by atoms with Gasteiger partial charge in [-0.05, 0) is 49.3 Å². The summed E-state index contributed by atoms with van der Waals surface area (Å²) < 4.78 is 0. The first-order valence-electron chi connectivity index (χ1n) is 7.70. The highest BCUT2D eigenvalue weighted by Crippen LogP contribution is 2.28. The van der Waals surface area contributed by atoms with Crippen molar-refractivity contribution in [3.05, 3.63) is 29.3 Å². The highest BCUT2D eigenvalue weighted by molar-refractivity contribution is 5.54. The van der Waals surface area contributed by atoms with Crippen LogP contribution in [0.3, 0.4) is 0 Å². The van der Waals surface area contributed by atoms with Crippen LogP contribution >= 0.6 is 0 Å². The second kappa shape index (κ2) is 6.95. The fourth-order valence-electron chi connectivity index (χ4n) is 3.27. The van der Waals surface area contributed by atoms with Crippen LogP contribution in [0.5, 0.6) is 0 Å². The first-order valence-corrected chi connectivity index (χ1v) is 7.70. The average molecular weight is 261 g/mol. The number of nitrogens with zero attached hydrogens (tertiary/aromatic N) is 1. The van der Waals surface area contributed by atoms with E-state index in [9.17, 15) is 5.11 Å². The Morgan fingerprint density at radius 2 is 2.11 bits per heavy atom. The van der Waals surface area contributed by atoms with E-state index in [2.05, 4.69) is 36.9 Å². The molecule has 1 aromatic rings. The molecule has 0 radical (unpaired) electrons. The molecule has 1 N–H and O–H groups in total. The molecule has 0 bridgehead atoms. The number of anilines is 1. The third kappa shape index (κ3) is 3.73. The lowest BCUT2D eigenvalue weighted by Gasteiger charge is -2.25. The summed E-state index contributed by atoms with van der Waals surface area (Å²) in [6.45, 7) is 6.95. The molecule has 19 heavy (non-hydrogen) atoms. The monoisotopic (exact) mass is 261 g/mol. The van der Waals surface area contributed by atoms with E-state index in [1.807, 2.05) is 0 Å². The molecule has 0 amide bonds. The quantitative estimate of drug-likeness (QED) is 0.888. The van der Waals surface area contributed by atoms with Gasteiger partial charge in [-0.2, -0.15) is 0 Å².